The number of hydrogen-bond acceptors (Lipinski definition) is 1. The summed E-state index contributed by atoms with van der Waals surface area (Å²) in [4.78, 5) is 0. The van der Waals surface area contributed by atoms with Crippen LogP contribution in [0.4, 0.5) is 0 Å². The van der Waals surface area contributed by atoms with E-state index in [-0.39, 0.29) is 0 Å². The summed E-state index contributed by atoms with van der Waals surface area (Å²) in [5.41, 5.74) is 0.489. The van der Waals surface area contributed by atoms with Gasteiger partial charge in [0.1, 0.15) is 0 Å². The monoisotopic (exact) mass is 195 g/mol. The lowest BCUT2D eigenvalue weighted by Gasteiger charge is -2.31. The number of nitrogens with one attached hydrogen (secondary N) is 1. The Morgan fingerprint density at radius 3 is 2.43 bits per heavy atom. The Hall–Kier alpha value is -0.0400. The molecule has 82 valence electrons. The first-order chi connectivity index (χ1) is 6.73. The van der Waals surface area contributed by atoms with Crippen molar-refractivity contribution in [3.63, 3.8) is 0 Å². The van der Waals surface area contributed by atoms with Gasteiger partial charge in [-0.3, -0.25) is 0 Å². The standard InChI is InChI=1S/C13H25N/c1-3-6-12(11-7-8-11)14-13(2)9-4-5-10-13/h11-12,14H,3-10H2,1-2H3. The fraction of sp³-hybridized carbons (Fsp3) is 1.00. The van der Waals surface area contributed by atoms with Crippen LogP contribution in [0.1, 0.15) is 65.2 Å². The molecular weight excluding hydrogens is 170 g/mol. The van der Waals surface area contributed by atoms with Crippen molar-refractivity contribution in [1.82, 2.24) is 5.32 Å². The zero-order valence-corrected chi connectivity index (χ0v) is 9.81. The van der Waals surface area contributed by atoms with Gasteiger partial charge in [-0.05, 0) is 44.9 Å². The molecule has 0 heterocycles. The zero-order valence-electron chi connectivity index (χ0n) is 9.81. The van der Waals surface area contributed by atoms with E-state index in [1.807, 2.05) is 0 Å². The lowest BCUT2D eigenvalue weighted by molar-refractivity contribution is 0.284. The molecular formula is C13H25N. The van der Waals surface area contributed by atoms with E-state index in [0.717, 1.165) is 12.0 Å². The van der Waals surface area contributed by atoms with Gasteiger partial charge in [-0.2, -0.15) is 0 Å². The minimum absolute atomic E-state index is 0.489. The first-order valence-electron chi connectivity index (χ1n) is 6.51. The van der Waals surface area contributed by atoms with Gasteiger partial charge >= 0.3 is 0 Å². The van der Waals surface area contributed by atoms with Gasteiger partial charge in [0.05, 0.1) is 0 Å². The normalized spacial score (nSPS) is 27.9. The molecule has 2 rings (SSSR count). The maximum Gasteiger partial charge on any atom is 0.0156 e. The van der Waals surface area contributed by atoms with E-state index in [0.29, 0.717) is 5.54 Å². The van der Waals surface area contributed by atoms with E-state index >= 15 is 0 Å². The van der Waals surface area contributed by atoms with Crippen LogP contribution >= 0.6 is 0 Å². The highest BCUT2D eigenvalue weighted by molar-refractivity contribution is 4.95. The Kier molecular flexibility index (Phi) is 3.16. The average molecular weight is 195 g/mol. The maximum atomic E-state index is 3.96. The highest BCUT2D eigenvalue weighted by Gasteiger charge is 2.36. The minimum atomic E-state index is 0.489. The van der Waals surface area contributed by atoms with Crippen LogP contribution in [0.15, 0.2) is 0 Å². The van der Waals surface area contributed by atoms with Crippen molar-refractivity contribution in [2.24, 2.45) is 5.92 Å². The molecule has 2 aliphatic carbocycles. The molecule has 0 saturated heterocycles. The van der Waals surface area contributed by atoms with Crippen LogP contribution < -0.4 is 5.32 Å². The van der Waals surface area contributed by atoms with Crippen LogP contribution in [0.3, 0.4) is 0 Å². The van der Waals surface area contributed by atoms with E-state index in [4.69, 9.17) is 0 Å². The Morgan fingerprint density at radius 1 is 1.29 bits per heavy atom. The van der Waals surface area contributed by atoms with Crippen molar-refractivity contribution in [2.75, 3.05) is 0 Å². The van der Waals surface area contributed by atoms with Crippen molar-refractivity contribution in [2.45, 2.75) is 76.8 Å². The maximum absolute atomic E-state index is 3.96. The summed E-state index contributed by atoms with van der Waals surface area (Å²) in [6.07, 6.45) is 11.4. The lowest BCUT2D eigenvalue weighted by atomic mass is 9.96. The average Bonchev–Trinajstić information content (AvgIpc) is 2.91. The van der Waals surface area contributed by atoms with Gasteiger partial charge in [-0.15, -0.1) is 0 Å². The van der Waals surface area contributed by atoms with E-state index in [9.17, 15) is 0 Å². The summed E-state index contributed by atoms with van der Waals surface area (Å²) in [7, 11) is 0. The molecule has 0 radical (unpaired) electrons. The molecule has 2 aliphatic rings. The molecule has 0 spiro atoms. The predicted octanol–water partition coefficient (Wildman–Crippen LogP) is 3.49. The molecule has 2 fully saturated rings. The second-order valence-electron chi connectivity index (χ2n) is 5.64. The van der Waals surface area contributed by atoms with Crippen molar-refractivity contribution in [3.8, 4) is 0 Å². The third-order valence-electron chi connectivity index (χ3n) is 4.03. The van der Waals surface area contributed by atoms with Gasteiger partial charge in [-0.25, -0.2) is 0 Å². The van der Waals surface area contributed by atoms with Crippen LogP contribution in [0.2, 0.25) is 0 Å². The molecule has 0 amide bonds. The molecule has 0 aromatic carbocycles. The van der Waals surface area contributed by atoms with Crippen LogP contribution in [0.5, 0.6) is 0 Å². The third-order valence-corrected chi connectivity index (χ3v) is 4.03. The van der Waals surface area contributed by atoms with Gasteiger partial charge in [0.2, 0.25) is 0 Å². The molecule has 1 nitrogen and oxygen atoms in total. The van der Waals surface area contributed by atoms with E-state index in [1.54, 1.807) is 0 Å². The second kappa shape index (κ2) is 4.22. The third kappa shape index (κ3) is 2.50. The molecule has 1 unspecified atom stereocenters. The van der Waals surface area contributed by atoms with Gasteiger partial charge in [0.15, 0.2) is 0 Å². The summed E-state index contributed by atoms with van der Waals surface area (Å²) in [6, 6.07) is 0.836. The number of hydrogen-bond donors (Lipinski definition) is 1. The van der Waals surface area contributed by atoms with Crippen LogP contribution in [0, 0.1) is 5.92 Å². The lowest BCUT2D eigenvalue weighted by Crippen LogP contribution is -2.47. The summed E-state index contributed by atoms with van der Waals surface area (Å²) >= 11 is 0. The fourth-order valence-corrected chi connectivity index (χ4v) is 2.98. The topological polar surface area (TPSA) is 12.0 Å². The molecule has 2 saturated carbocycles. The first-order valence-corrected chi connectivity index (χ1v) is 6.51. The first kappa shape index (κ1) is 10.5. The highest BCUT2D eigenvalue weighted by atomic mass is 15.0. The second-order valence-corrected chi connectivity index (χ2v) is 5.64. The summed E-state index contributed by atoms with van der Waals surface area (Å²) < 4.78 is 0. The van der Waals surface area contributed by atoms with Gasteiger partial charge < -0.3 is 5.32 Å². The van der Waals surface area contributed by atoms with E-state index in [1.165, 1.54) is 51.4 Å². The largest absolute Gasteiger partial charge is 0.308 e. The van der Waals surface area contributed by atoms with Crippen LogP contribution in [0.25, 0.3) is 0 Å². The summed E-state index contributed by atoms with van der Waals surface area (Å²) in [5, 5.41) is 3.96. The predicted molar refractivity (Wildman–Crippen MR) is 61.4 cm³/mol. The SMILES string of the molecule is CCCC(NC1(C)CCCC1)C1CC1. The molecule has 1 N–H and O–H groups in total. The Labute approximate surface area is 88.7 Å². The molecule has 0 aromatic heterocycles. The number of rotatable bonds is 5. The van der Waals surface area contributed by atoms with Gasteiger partial charge in [-0.1, -0.05) is 26.2 Å². The minimum Gasteiger partial charge on any atom is -0.308 e. The van der Waals surface area contributed by atoms with Gasteiger partial charge in [0.25, 0.3) is 0 Å². The summed E-state index contributed by atoms with van der Waals surface area (Å²) in [6.45, 7) is 4.75. The van der Waals surface area contributed by atoms with Crippen LogP contribution in [-0.4, -0.2) is 11.6 Å². The fourth-order valence-electron chi connectivity index (χ4n) is 2.98. The van der Waals surface area contributed by atoms with Crippen molar-refractivity contribution >= 4 is 0 Å². The van der Waals surface area contributed by atoms with E-state index < -0.39 is 0 Å². The molecule has 0 aliphatic heterocycles. The molecule has 0 aromatic rings. The van der Waals surface area contributed by atoms with E-state index in [2.05, 4.69) is 19.2 Å². The summed E-state index contributed by atoms with van der Waals surface area (Å²) in [5.74, 6) is 1.02. The quantitative estimate of drug-likeness (QED) is 0.708. The van der Waals surface area contributed by atoms with Crippen molar-refractivity contribution in [1.29, 1.82) is 0 Å². The van der Waals surface area contributed by atoms with Crippen LogP contribution in [-0.2, 0) is 0 Å². The highest BCUT2D eigenvalue weighted by Crippen LogP contribution is 2.38. The zero-order chi connectivity index (χ0) is 10.0. The van der Waals surface area contributed by atoms with Gasteiger partial charge in [0, 0.05) is 11.6 Å². The van der Waals surface area contributed by atoms with Crippen molar-refractivity contribution in [3.05, 3.63) is 0 Å². The molecule has 14 heavy (non-hydrogen) atoms. The Bertz CT molecular complexity index is 178. The molecule has 1 heteroatoms. The Balaban J connectivity index is 1.85. The molecule has 1 atom stereocenters. The molecule has 0 bridgehead atoms. The van der Waals surface area contributed by atoms with Crippen molar-refractivity contribution < 1.29 is 0 Å². The Morgan fingerprint density at radius 2 is 1.93 bits per heavy atom. The smallest absolute Gasteiger partial charge is 0.0156 e.